The lowest BCUT2D eigenvalue weighted by molar-refractivity contribution is -0.115. The summed E-state index contributed by atoms with van der Waals surface area (Å²) in [6, 6.07) is 10.3. The smallest absolute Gasteiger partial charge is 0.264 e. The number of allylic oxidation sites excluding steroid dienone is 1. The predicted octanol–water partition coefficient (Wildman–Crippen LogP) is 6.23. The Labute approximate surface area is 200 Å². The number of aryl methyl sites for hydroxylation is 2. The number of fused-ring (bicyclic) bond motifs is 1. The molecule has 0 radical (unpaired) electrons. The molecule has 5 nitrogen and oxygen atoms in total. The Morgan fingerprint density at radius 1 is 1.18 bits per heavy atom. The van der Waals surface area contributed by atoms with Gasteiger partial charge in [-0.25, -0.2) is 4.99 Å². The number of methoxy groups -OCH3 is 1. The molecule has 2 heterocycles. The summed E-state index contributed by atoms with van der Waals surface area (Å²) >= 11 is 1.35. The number of hydrogen-bond donors (Lipinski definition) is 1. The van der Waals surface area contributed by atoms with Crippen LogP contribution in [-0.4, -0.2) is 30.3 Å². The fourth-order valence-corrected chi connectivity index (χ4v) is 5.48. The summed E-state index contributed by atoms with van der Waals surface area (Å²) in [7, 11) is 1.67. The van der Waals surface area contributed by atoms with Gasteiger partial charge in [-0.05, 0) is 82.6 Å². The van der Waals surface area contributed by atoms with Gasteiger partial charge in [-0.3, -0.25) is 4.79 Å². The Bertz CT molecular complexity index is 1220. The molecule has 2 aromatic rings. The van der Waals surface area contributed by atoms with Gasteiger partial charge in [0.2, 0.25) is 0 Å². The second-order valence-corrected chi connectivity index (χ2v) is 10.1. The van der Waals surface area contributed by atoms with Gasteiger partial charge in [0.1, 0.15) is 5.75 Å². The summed E-state index contributed by atoms with van der Waals surface area (Å²) in [6.07, 6.45) is 4.20. The minimum atomic E-state index is -0.146. The number of anilines is 1. The van der Waals surface area contributed by atoms with Crippen molar-refractivity contribution in [2.75, 3.05) is 18.6 Å². The van der Waals surface area contributed by atoms with Gasteiger partial charge in [-0.15, -0.1) is 0 Å². The number of likely N-dealkylation sites (N-methyl/N-ethyl adjacent to an activating group) is 1. The molecule has 0 aliphatic carbocycles. The van der Waals surface area contributed by atoms with E-state index in [2.05, 4.69) is 74.1 Å². The molecule has 4 rings (SSSR count). The van der Waals surface area contributed by atoms with E-state index in [9.17, 15) is 4.79 Å². The molecule has 0 bridgehead atoms. The summed E-state index contributed by atoms with van der Waals surface area (Å²) in [5, 5.41) is 3.48. The number of thioether (sulfide) groups is 1. The maximum absolute atomic E-state index is 12.7. The number of amides is 1. The van der Waals surface area contributed by atoms with Crippen LogP contribution in [0.5, 0.6) is 5.75 Å². The molecule has 1 saturated heterocycles. The van der Waals surface area contributed by atoms with Crippen LogP contribution in [0.2, 0.25) is 0 Å². The fourth-order valence-electron chi connectivity index (χ4n) is 4.65. The first-order valence-electron chi connectivity index (χ1n) is 11.2. The number of nitrogens with one attached hydrogen (secondary N) is 1. The van der Waals surface area contributed by atoms with Gasteiger partial charge in [0.05, 0.1) is 23.2 Å². The van der Waals surface area contributed by atoms with E-state index in [1.807, 2.05) is 25.1 Å². The Hall–Kier alpha value is -2.99. The highest BCUT2D eigenvalue weighted by Crippen LogP contribution is 2.43. The van der Waals surface area contributed by atoms with Crippen molar-refractivity contribution >= 4 is 45.9 Å². The molecular formula is C27H31N3O2S. The first kappa shape index (κ1) is 23.2. The second-order valence-electron chi connectivity index (χ2n) is 9.11. The Morgan fingerprint density at radius 3 is 2.61 bits per heavy atom. The van der Waals surface area contributed by atoms with Gasteiger partial charge in [-0.2, -0.15) is 0 Å². The van der Waals surface area contributed by atoms with Gasteiger partial charge in [-0.1, -0.05) is 23.8 Å². The maximum Gasteiger partial charge on any atom is 0.264 e. The maximum atomic E-state index is 12.7. The van der Waals surface area contributed by atoms with Crippen LogP contribution in [0.1, 0.15) is 49.9 Å². The van der Waals surface area contributed by atoms with Gasteiger partial charge < -0.3 is 15.0 Å². The third-order valence-electron chi connectivity index (χ3n) is 6.16. The lowest BCUT2D eigenvalue weighted by Crippen LogP contribution is -2.44. The summed E-state index contributed by atoms with van der Waals surface area (Å²) in [6.45, 7) is 13.7. The first-order chi connectivity index (χ1) is 15.6. The zero-order chi connectivity index (χ0) is 23.9. The van der Waals surface area contributed by atoms with E-state index in [4.69, 9.17) is 4.74 Å². The van der Waals surface area contributed by atoms with Crippen molar-refractivity contribution in [2.24, 2.45) is 4.99 Å². The summed E-state index contributed by atoms with van der Waals surface area (Å²) in [5.41, 5.74) is 7.48. The first-order valence-corrected chi connectivity index (χ1v) is 12.0. The van der Waals surface area contributed by atoms with Crippen LogP contribution < -0.4 is 15.0 Å². The van der Waals surface area contributed by atoms with Crippen molar-refractivity contribution in [1.82, 2.24) is 5.32 Å². The molecule has 2 aliphatic rings. The molecule has 1 fully saturated rings. The monoisotopic (exact) mass is 461 g/mol. The normalized spacial score (nSPS) is 19.5. The molecule has 2 aliphatic heterocycles. The van der Waals surface area contributed by atoms with Gasteiger partial charge in [0, 0.05) is 29.4 Å². The lowest BCUT2D eigenvalue weighted by Gasteiger charge is -2.43. The molecule has 172 valence electrons. The van der Waals surface area contributed by atoms with Crippen molar-refractivity contribution < 1.29 is 9.53 Å². The number of carbonyl (C=O) groups is 1. The summed E-state index contributed by atoms with van der Waals surface area (Å²) < 4.78 is 5.74. The molecule has 2 aromatic carbocycles. The molecule has 1 N–H and O–H groups in total. The van der Waals surface area contributed by atoms with Crippen LogP contribution in [0.4, 0.5) is 11.4 Å². The van der Waals surface area contributed by atoms with Crippen LogP contribution in [0, 0.1) is 13.8 Å². The number of amidine groups is 1. The van der Waals surface area contributed by atoms with Crippen LogP contribution in [0.3, 0.4) is 0 Å². The van der Waals surface area contributed by atoms with E-state index in [1.54, 1.807) is 7.11 Å². The van der Waals surface area contributed by atoms with E-state index in [-0.39, 0.29) is 11.4 Å². The highest BCUT2D eigenvalue weighted by molar-refractivity contribution is 8.18. The molecule has 0 spiro atoms. The third kappa shape index (κ3) is 4.44. The van der Waals surface area contributed by atoms with Crippen molar-refractivity contribution in [3.8, 4) is 5.75 Å². The quantitative estimate of drug-likeness (QED) is 0.549. The van der Waals surface area contributed by atoms with Gasteiger partial charge >= 0.3 is 0 Å². The average Bonchev–Trinajstić information content (AvgIpc) is 3.08. The standard InChI is InChI=1S/C27H31N3O2S/c1-8-30-22-14-23(32-7)19(12-20(22)18(4)15-27(30,5)6)13-24-25(31)29-26(33-24)28-21-10-9-16(2)11-17(21)3/h9-15H,8H2,1-7H3,(H,28,29,31)/b24-13+. The molecule has 0 unspecified atom stereocenters. The Balaban J connectivity index is 1.71. The minimum Gasteiger partial charge on any atom is -0.496 e. The number of carbonyl (C=O) groups excluding carboxylic acids is 1. The number of hydrogen-bond acceptors (Lipinski definition) is 5. The van der Waals surface area contributed by atoms with Gasteiger partial charge in [0.25, 0.3) is 5.91 Å². The average molecular weight is 462 g/mol. The number of rotatable bonds is 4. The molecule has 1 amide bonds. The van der Waals surface area contributed by atoms with E-state index in [0.29, 0.717) is 10.1 Å². The number of benzene rings is 2. The Kier molecular flexibility index (Phi) is 6.14. The number of aliphatic imine (C=N–C) groups is 1. The molecule has 0 atom stereocenters. The minimum absolute atomic E-state index is 0.0719. The van der Waals surface area contributed by atoms with E-state index in [0.717, 1.165) is 40.4 Å². The van der Waals surface area contributed by atoms with Crippen LogP contribution >= 0.6 is 11.8 Å². The highest BCUT2D eigenvalue weighted by Gasteiger charge is 2.31. The molecular weight excluding hydrogens is 430 g/mol. The molecule has 6 heteroatoms. The van der Waals surface area contributed by atoms with Crippen molar-refractivity contribution in [1.29, 1.82) is 0 Å². The van der Waals surface area contributed by atoms with E-state index < -0.39 is 0 Å². The lowest BCUT2D eigenvalue weighted by atomic mass is 9.87. The topological polar surface area (TPSA) is 53.9 Å². The molecule has 33 heavy (non-hydrogen) atoms. The largest absolute Gasteiger partial charge is 0.496 e. The van der Waals surface area contributed by atoms with Crippen LogP contribution in [-0.2, 0) is 4.79 Å². The summed E-state index contributed by atoms with van der Waals surface area (Å²) in [5.74, 6) is 0.602. The van der Waals surface area contributed by atoms with E-state index in [1.165, 1.54) is 22.9 Å². The molecule has 0 aromatic heterocycles. The molecule has 0 saturated carbocycles. The third-order valence-corrected chi connectivity index (χ3v) is 7.07. The SMILES string of the molecule is CCN1c2cc(OC)c(/C=C3/SC(=Nc4ccc(C)cc4C)NC3=O)cc2C(C)=CC1(C)C. The fraction of sp³-hybridized carbons (Fsp3) is 0.333. The van der Waals surface area contributed by atoms with Crippen molar-refractivity contribution in [2.45, 2.75) is 47.1 Å². The highest BCUT2D eigenvalue weighted by atomic mass is 32.2. The summed E-state index contributed by atoms with van der Waals surface area (Å²) in [4.78, 5) is 20.4. The van der Waals surface area contributed by atoms with Crippen LogP contribution in [0.15, 0.2) is 46.3 Å². The van der Waals surface area contributed by atoms with Crippen molar-refractivity contribution in [3.05, 3.63) is 63.6 Å². The van der Waals surface area contributed by atoms with Gasteiger partial charge in [0.15, 0.2) is 5.17 Å². The van der Waals surface area contributed by atoms with Crippen LogP contribution in [0.25, 0.3) is 11.6 Å². The number of nitrogens with zero attached hydrogens (tertiary/aromatic N) is 2. The Morgan fingerprint density at radius 2 is 1.94 bits per heavy atom. The zero-order valence-electron chi connectivity index (χ0n) is 20.4. The van der Waals surface area contributed by atoms with E-state index >= 15 is 0 Å². The van der Waals surface area contributed by atoms with Crippen molar-refractivity contribution in [3.63, 3.8) is 0 Å². The second kappa shape index (κ2) is 8.75. The zero-order valence-corrected chi connectivity index (χ0v) is 21.2. The number of ether oxygens (including phenoxy) is 1. The predicted molar refractivity (Wildman–Crippen MR) is 140 cm³/mol.